The van der Waals surface area contributed by atoms with Crippen molar-refractivity contribution in [3.8, 4) is 17.4 Å². The first-order valence-corrected chi connectivity index (χ1v) is 7.52. The van der Waals surface area contributed by atoms with Crippen molar-refractivity contribution in [3.05, 3.63) is 52.8 Å². The summed E-state index contributed by atoms with van der Waals surface area (Å²) in [5, 5.41) is 9.67. The Kier molecular flexibility index (Phi) is 5.61. The first-order chi connectivity index (χ1) is 11.0. The summed E-state index contributed by atoms with van der Waals surface area (Å²) < 4.78 is 10.7. The van der Waals surface area contributed by atoms with Crippen molar-refractivity contribution in [2.45, 2.75) is 13.8 Å². The lowest BCUT2D eigenvalue weighted by atomic mass is 10.2. The summed E-state index contributed by atoms with van der Waals surface area (Å²) in [5.41, 5.74) is 0.639. The van der Waals surface area contributed by atoms with E-state index in [2.05, 4.69) is 0 Å². The third-order valence-corrected chi connectivity index (χ3v) is 3.27. The van der Waals surface area contributed by atoms with Gasteiger partial charge < -0.3 is 9.15 Å². The van der Waals surface area contributed by atoms with Crippen molar-refractivity contribution >= 4 is 23.6 Å². The SMILES string of the molecule is CC(C)COC(=O)/C(C#N)=C\c1ccc(-c2ccccc2Cl)o1. The number of hydrogen-bond donors (Lipinski definition) is 0. The van der Waals surface area contributed by atoms with Crippen molar-refractivity contribution < 1.29 is 13.9 Å². The fourth-order valence-corrected chi connectivity index (χ4v) is 2.06. The molecule has 1 heterocycles. The Morgan fingerprint density at radius 1 is 1.35 bits per heavy atom. The van der Waals surface area contributed by atoms with Gasteiger partial charge in [0.05, 0.1) is 11.6 Å². The number of carbonyl (C=O) groups excluding carboxylic acids is 1. The average molecular weight is 330 g/mol. The van der Waals surface area contributed by atoms with Gasteiger partial charge in [-0.3, -0.25) is 0 Å². The van der Waals surface area contributed by atoms with Crippen LogP contribution in [-0.4, -0.2) is 12.6 Å². The number of ether oxygens (including phenoxy) is 1. The summed E-state index contributed by atoms with van der Waals surface area (Å²) >= 11 is 6.12. The van der Waals surface area contributed by atoms with Gasteiger partial charge in [-0.15, -0.1) is 0 Å². The molecule has 5 heteroatoms. The largest absolute Gasteiger partial charge is 0.461 e. The van der Waals surface area contributed by atoms with E-state index in [1.807, 2.05) is 38.1 Å². The van der Waals surface area contributed by atoms with Crippen LogP contribution in [0.25, 0.3) is 17.4 Å². The van der Waals surface area contributed by atoms with Crippen molar-refractivity contribution in [1.82, 2.24) is 0 Å². The lowest BCUT2D eigenvalue weighted by Crippen LogP contribution is -2.11. The first kappa shape index (κ1) is 16.9. The van der Waals surface area contributed by atoms with Crippen molar-refractivity contribution in [3.63, 3.8) is 0 Å². The van der Waals surface area contributed by atoms with E-state index >= 15 is 0 Å². The molecule has 0 atom stereocenters. The number of nitriles is 1. The second kappa shape index (κ2) is 7.66. The smallest absolute Gasteiger partial charge is 0.349 e. The molecule has 0 amide bonds. The number of halogens is 1. The maximum Gasteiger partial charge on any atom is 0.349 e. The van der Waals surface area contributed by atoms with Crippen LogP contribution in [-0.2, 0) is 9.53 Å². The molecule has 1 aromatic carbocycles. The molecular weight excluding hydrogens is 314 g/mol. The van der Waals surface area contributed by atoms with E-state index in [1.54, 1.807) is 18.2 Å². The molecule has 0 N–H and O–H groups in total. The molecule has 0 bridgehead atoms. The molecule has 0 aliphatic carbocycles. The van der Waals surface area contributed by atoms with Gasteiger partial charge in [0, 0.05) is 11.6 Å². The zero-order valence-electron chi connectivity index (χ0n) is 12.9. The maximum atomic E-state index is 11.8. The van der Waals surface area contributed by atoms with Crippen molar-refractivity contribution in [2.24, 2.45) is 5.92 Å². The molecule has 118 valence electrons. The van der Waals surface area contributed by atoms with Crippen LogP contribution in [0.5, 0.6) is 0 Å². The van der Waals surface area contributed by atoms with Gasteiger partial charge >= 0.3 is 5.97 Å². The van der Waals surface area contributed by atoms with Gasteiger partial charge in [0.1, 0.15) is 23.2 Å². The summed E-state index contributed by atoms with van der Waals surface area (Å²) in [6.45, 7) is 4.11. The maximum absolute atomic E-state index is 11.8. The van der Waals surface area contributed by atoms with Gasteiger partial charge in [0.15, 0.2) is 0 Å². The Morgan fingerprint density at radius 2 is 2.09 bits per heavy atom. The highest BCUT2D eigenvalue weighted by Gasteiger charge is 2.13. The Morgan fingerprint density at radius 3 is 2.74 bits per heavy atom. The van der Waals surface area contributed by atoms with E-state index in [-0.39, 0.29) is 18.1 Å². The molecular formula is C18H16ClNO3. The minimum atomic E-state index is -0.656. The Balaban J connectivity index is 2.21. The minimum Gasteiger partial charge on any atom is -0.461 e. The number of nitrogens with zero attached hydrogens (tertiary/aromatic N) is 1. The van der Waals surface area contributed by atoms with Crippen LogP contribution in [0.1, 0.15) is 19.6 Å². The highest BCUT2D eigenvalue weighted by molar-refractivity contribution is 6.33. The zero-order chi connectivity index (χ0) is 16.8. The monoisotopic (exact) mass is 329 g/mol. The van der Waals surface area contributed by atoms with Crippen LogP contribution in [0, 0.1) is 17.2 Å². The van der Waals surface area contributed by atoms with Gasteiger partial charge in [-0.05, 0) is 30.2 Å². The van der Waals surface area contributed by atoms with Gasteiger partial charge in [-0.25, -0.2) is 4.79 Å². The van der Waals surface area contributed by atoms with Gasteiger partial charge in [0.2, 0.25) is 0 Å². The number of benzene rings is 1. The van der Waals surface area contributed by atoms with E-state index < -0.39 is 5.97 Å². The summed E-state index contributed by atoms with van der Waals surface area (Å²) in [4.78, 5) is 11.8. The normalized spacial score (nSPS) is 11.3. The zero-order valence-corrected chi connectivity index (χ0v) is 13.6. The standard InChI is InChI=1S/C18H16ClNO3/c1-12(2)11-22-18(21)13(10-20)9-14-7-8-17(23-14)15-5-3-4-6-16(15)19/h3-9,12H,11H2,1-2H3/b13-9-. The predicted octanol–water partition coefficient (Wildman–Crippen LogP) is 4.71. The summed E-state index contributed by atoms with van der Waals surface area (Å²) in [5.74, 6) is 0.499. The Bertz CT molecular complexity index is 769. The Hall–Kier alpha value is -2.51. The van der Waals surface area contributed by atoms with Crippen LogP contribution >= 0.6 is 11.6 Å². The minimum absolute atomic E-state index is 0.106. The first-order valence-electron chi connectivity index (χ1n) is 7.15. The molecule has 1 aromatic heterocycles. The molecule has 0 saturated carbocycles. The molecule has 0 saturated heterocycles. The number of esters is 1. The topological polar surface area (TPSA) is 63.2 Å². The number of hydrogen-bond acceptors (Lipinski definition) is 4. The van der Waals surface area contributed by atoms with E-state index in [9.17, 15) is 4.79 Å². The lowest BCUT2D eigenvalue weighted by molar-refractivity contribution is -0.139. The van der Waals surface area contributed by atoms with Crippen LogP contribution in [0.3, 0.4) is 0 Å². The fraction of sp³-hybridized carbons (Fsp3) is 0.222. The number of carbonyl (C=O) groups is 1. The number of rotatable bonds is 5. The molecule has 0 aliphatic heterocycles. The average Bonchev–Trinajstić information content (AvgIpc) is 2.99. The molecule has 0 aliphatic rings. The highest BCUT2D eigenvalue weighted by atomic mass is 35.5. The highest BCUT2D eigenvalue weighted by Crippen LogP contribution is 2.29. The molecule has 2 aromatic rings. The second-order valence-corrected chi connectivity index (χ2v) is 5.75. The third kappa shape index (κ3) is 4.48. The summed E-state index contributed by atoms with van der Waals surface area (Å²) in [7, 11) is 0. The van der Waals surface area contributed by atoms with Crippen LogP contribution in [0.4, 0.5) is 0 Å². The van der Waals surface area contributed by atoms with E-state index in [4.69, 9.17) is 26.0 Å². The molecule has 0 radical (unpaired) electrons. The molecule has 0 fully saturated rings. The van der Waals surface area contributed by atoms with Crippen LogP contribution in [0.15, 0.2) is 46.4 Å². The fourth-order valence-electron chi connectivity index (χ4n) is 1.84. The van der Waals surface area contributed by atoms with Crippen LogP contribution < -0.4 is 0 Å². The number of furan rings is 1. The molecule has 0 unspecified atom stereocenters. The summed E-state index contributed by atoms with van der Waals surface area (Å²) in [6, 6.07) is 12.5. The van der Waals surface area contributed by atoms with Gasteiger partial charge in [0.25, 0.3) is 0 Å². The quantitative estimate of drug-likeness (QED) is 0.453. The third-order valence-electron chi connectivity index (χ3n) is 2.94. The van der Waals surface area contributed by atoms with E-state index in [1.165, 1.54) is 6.08 Å². The second-order valence-electron chi connectivity index (χ2n) is 5.34. The molecule has 4 nitrogen and oxygen atoms in total. The van der Waals surface area contributed by atoms with Crippen molar-refractivity contribution in [2.75, 3.05) is 6.61 Å². The lowest BCUT2D eigenvalue weighted by Gasteiger charge is -2.05. The predicted molar refractivity (Wildman–Crippen MR) is 88.5 cm³/mol. The van der Waals surface area contributed by atoms with Crippen LogP contribution in [0.2, 0.25) is 5.02 Å². The van der Waals surface area contributed by atoms with Gasteiger partial charge in [-0.2, -0.15) is 5.26 Å². The Labute approximate surface area is 139 Å². The molecule has 23 heavy (non-hydrogen) atoms. The summed E-state index contributed by atoms with van der Waals surface area (Å²) in [6.07, 6.45) is 1.36. The van der Waals surface area contributed by atoms with Crippen molar-refractivity contribution in [1.29, 1.82) is 5.26 Å². The van der Waals surface area contributed by atoms with Gasteiger partial charge in [-0.1, -0.05) is 37.6 Å². The van der Waals surface area contributed by atoms with E-state index in [0.29, 0.717) is 16.5 Å². The molecule has 2 rings (SSSR count). The van der Waals surface area contributed by atoms with E-state index in [0.717, 1.165) is 5.56 Å². The molecule has 0 spiro atoms.